The third-order valence-corrected chi connectivity index (χ3v) is 6.88. The Kier molecular flexibility index (Phi) is 5.22. The second kappa shape index (κ2) is 7.61. The van der Waals surface area contributed by atoms with E-state index in [9.17, 15) is 13.2 Å². The number of amides is 1. The summed E-state index contributed by atoms with van der Waals surface area (Å²) >= 11 is 3.29. The van der Waals surface area contributed by atoms with Crippen molar-refractivity contribution in [2.24, 2.45) is 0 Å². The number of aryl methyl sites for hydroxylation is 1. The number of aromatic nitrogens is 4. The number of carbonyl (C=O) groups is 1. The smallest absolute Gasteiger partial charge is 0.266 e. The van der Waals surface area contributed by atoms with Crippen LogP contribution in [0.15, 0.2) is 64.2 Å². The Morgan fingerprint density at radius 3 is 2.61 bits per heavy atom. The van der Waals surface area contributed by atoms with Crippen molar-refractivity contribution in [1.29, 1.82) is 0 Å². The lowest BCUT2D eigenvalue weighted by molar-refractivity contribution is -0.123. The van der Waals surface area contributed by atoms with E-state index < -0.39 is 21.3 Å². The fourth-order valence-electron chi connectivity index (χ4n) is 3.21. The highest BCUT2D eigenvalue weighted by Gasteiger charge is 2.36. The predicted octanol–water partition coefficient (Wildman–Crippen LogP) is 3.60. The van der Waals surface area contributed by atoms with Gasteiger partial charge in [0.25, 0.3) is 10.0 Å². The van der Waals surface area contributed by atoms with Gasteiger partial charge in [-0.05, 0) is 61.0 Å². The van der Waals surface area contributed by atoms with Gasteiger partial charge in [-0.1, -0.05) is 18.2 Å². The molecule has 0 spiro atoms. The molecular formula is C21H20BrN5O3S. The Balaban J connectivity index is 1.65. The zero-order chi connectivity index (χ0) is 22.4. The number of fused-ring (bicyclic) bond motifs is 1. The van der Waals surface area contributed by atoms with Crippen molar-refractivity contribution in [2.75, 3.05) is 0 Å². The molecule has 0 unspecified atom stereocenters. The molecule has 4 rings (SSSR count). The van der Waals surface area contributed by atoms with Gasteiger partial charge in [0, 0.05) is 27.9 Å². The van der Waals surface area contributed by atoms with Crippen molar-refractivity contribution in [3.8, 4) is 5.69 Å². The van der Waals surface area contributed by atoms with Gasteiger partial charge in [-0.25, -0.2) is 22.8 Å². The highest BCUT2D eigenvalue weighted by Crippen LogP contribution is 2.27. The van der Waals surface area contributed by atoms with Crippen molar-refractivity contribution in [3.05, 3.63) is 70.7 Å². The summed E-state index contributed by atoms with van der Waals surface area (Å²) in [6.45, 7) is 5.16. The van der Waals surface area contributed by atoms with Gasteiger partial charge >= 0.3 is 0 Å². The summed E-state index contributed by atoms with van der Waals surface area (Å²) in [6.07, 6.45) is 2.88. The summed E-state index contributed by atoms with van der Waals surface area (Å²) in [6, 6.07) is 12.9. The topological polar surface area (TPSA) is 110 Å². The van der Waals surface area contributed by atoms with E-state index in [1.165, 1.54) is 6.20 Å². The molecule has 0 aliphatic rings. The highest BCUT2D eigenvalue weighted by molar-refractivity contribution is 9.10. The summed E-state index contributed by atoms with van der Waals surface area (Å²) in [5.74, 6) is -0.678. The third kappa shape index (κ3) is 3.88. The lowest BCUT2D eigenvalue weighted by Crippen LogP contribution is -2.43. The van der Waals surface area contributed by atoms with Gasteiger partial charge in [-0.2, -0.15) is 5.10 Å². The number of carbonyl (C=O) groups excluding carboxylic acids is 1. The van der Waals surface area contributed by atoms with Crippen LogP contribution in [-0.2, 0) is 20.2 Å². The van der Waals surface area contributed by atoms with Crippen molar-refractivity contribution < 1.29 is 13.2 Å². The number of H-pyrrole nitrogens is 1. The quantitative estimate of drug-likeness (QED) is 0.434. The molecule has 4 aromatic rings. The molecule has 3 heterocycles. The first-order valence-electron chi connectivity index (χ1n) is 9.42. The molecule has 0 atom stereocenters. The lowest BCUT2D eigenvalue weighted by atomic mass is 9.88. The Hall–Kier alpha value is -2.98. The van der Waals surface area contributed by atoms with Gasteiger partial charge in [-0.15, -0.1) is 0 Å². The van der Waals surface area contributed by atoms with E-state index in [1.807, 2.05) is 37.3 Å². The summed E-state index contributed by atoms with van der Waals surface area (Å²) in [5, 5.41) is 4.95. The Labute approximate surface area is 187 Å². The zero-order valence-corrected chi connectivity index (χ0v) is 19.5. The van der Waals surface area contributed by atoms with Crippen LogP contribution in [0.5, 0.6) is 0 Å². The van der Waals surface area contributed by atoms with Gasteiger partial charge in [0.05, 0.1) is 16.8 Å². The molecule has 0 radical (unpaired) electrons. The minimum Gasteiger partial charge on any atom is -0.345 e. The molecule has 10 heteroatoms. The molecule has 0 aliphatic carbocycles. The molecule has 0 aliphatic heterocycles. The summed E-state index contributed by atoms with van der Waals surface area (Å²) < 4.78 is 30.5. The first-order chi connectivity index (χ1) is 14.6. The van der Waals surface area contributed by atoms with Crippen molar-refractivity contribution >= 4 is 42.9 Å². The van der Waals surface area contributed by atoms with Crippen LogP contribution in [0.1, 0.15) is 25.2 Å². The van der Waals surface area contributed by atoms with Gasteiger partial charge in [-0.3, -0.25) is 4.79 Å². The second-order valence-electron chi connectivity index (χ2n) is 7.68. The van der Waals surface area contributed by atoms with Crippen LogP contribution in [0.3, 0.4) is 0 Å². The van der Waals surface area contributed by atoms with Crippen LogP contribution < -0.4 is 4.72 Å². The minimum absolute atomic E-state index is 0.0496. The molecule has 1 amide bonds. The van der Waals surface area contributed by atoms with E-state index in [0.717, 1.165) is 11.4 Å². The SMILES string of the molecule is Cc1cc(C(C)(C)C(=O)NS(=O)(=O)c2c[nH]c3ncc(Br)cc23)nn1-c1ccccc1. The minimum atomic E-state index is -4.13. The Bertz CT molecular complexity index is 1390. The van der Waals surface area contributed by atoms with E-state index in [2.05, 4.69) is 35.7 Å². The molecule has 0 fully saturated rings. The van der Waals surface area contributed by atoms with Crippen LogP contribution in [0, 0.1) is 6.92 Å². The molecule has 160 valence electrons. The molecule has 0 bridgehead atoms. The number of hydrogen-bond acceptors (Lipinski definition) is 5. The Morgan fingerprint density at radius 2 is 1.90 bits per heavy atom. The maximum Gasteiger partial charge on any atom is 0.266 e. The largest absolute Gasteiger partial charge is 0.345 e. The molecular weight excluding hydrogens is 482 g/mol. The van der Waals surface area contributed by atoms with Crippen molar-refractivity contribution in [2.45, 2.75) is 31.1 Å². The number of para-hydroxylation sites is 1. The van der Waals surface area contributed by atoms with E-state index in [0.29, 0.717) is 21.2 Å². The van der Waals surface area contributed by atoms with Gasteiger partial charge in [0.1, 0.15) is 10.5 Å². The fraction of sp³-hybridized carbons (Fsp3) is 0.190. The van der Waals surface area contributed by atoms with Crippen LogP contribution in [0.25, 0.3) is 16.7 Å². The van der Waals surface area contributed by atoms with Crippen molar-refractivity contribution in [1.82, 2.24) is 24.5 Å². The number of benzene rings is 1. The molecule has 31 heavy (non-hydrogen) atoms. The zero-order valence-electron chi connectivity index (χ0n) is 17.0. The average Bonchev–Trinajstić information content (AvgIpc) is 3.32. The van der Waals surface area contributed by atoms with Gasteiger partial charge < -0.3 is 4.98 Å². The molecule has 1 aromatic carbocycles. The van der Waals surface area contributed by atoms with E-state index in [4.69, 9.17) is 0 Å². The number of nitrogens with one attached hydrogen (secondary N) is 2. The standard InChI is InChI=1S/C21H20BrN5O3S/c1-13-9-18(25-27(13)15-7-5-4-6-8-15)21(2,3)20(28)26-31(29,30)17-12-24-19-16(17)10-14(22)11-23-19/h4-12H,1-3H3,(H,23,24)(H,26,28). The molecule has 0 saturated carbocycles. The molecule has 3 aromatic heterocycles. The normalized spacial score (nSPS) is 12.3. The maximum absolute atomic E-state index is 13.1. The van der Waals surface area contributed by atoms with E-state index in [-0.39, 0.29) is 4.90 Å². The first kappa shape index (κ1) is 21.3. The fourth-order valence-corrected chi connectivity index (χ4v) is 4.81. The number of nitrogens with zero attached hydrogens (tertiary/aromatic N) is 3. The number of pyridine rings is 1. The summed E-state index contributed by atoms with van der Waals surface area (Å²) in [7, 11) is -4.13. The van der Waals surface area contributed by atoms with E-state index >= 15 is 0 Å². The molecule has 8 nitrogen and oxygen atoms in total. The number of rotatable bonds is 5. The maximum atomic E-state index is 13.1. The molecule has 0 saturated heterocycles. The number of halogens is 1. The van der Waals surface area contributed by atoms with Crippen LogP contribution in [-0.4, -0.2) is 34.1 Å². The van der Waals surface area contributed by atoms with Crippen molar-refractivity contribution in [3.63, 3.8) is 0 Å². The summed E-state index contributed by atoms with van der Waals surface area (Å²) in [5.41, 5.74) is 1.37. The van der Waals surface area contributed by atoms with Gasteiger partial charge in [0.2, 0.25) is 5.91 Å². The number of sulfonamides is 1. The van der Waals surface area contributed by atoms with Crippen LogP contribution in [0.4, 0.5) is 0 Å². The first-order valence-corrected chi connectivity index (χ1v) is 11.7. The van der Waals surface area contributed by atoms with Gasteiger partial charge in [0.15, 0.2) is 0 Å². The lowest BCUT2D eigenvalue weighted by Gasteiger charge is -2.21. The third-order valence-electron chi connectivity index (χ3n) is 5.07. The Morgan fingerprint density at radius 1 is 1.19 bits per heavy atom. The average molecular weight is 502 g/mol. The predicted molar refractivity (Wildman–Crippen MR) is 120 cm³/mol. The monoisotopic (exact) mass is 501 g/mol. The highest BCUT2D eigenvalue weighted by atomic mass is 79.9. The summed E-state index contributed by atoms with van der Waals surface area (Å²) in [4.78, 5) is 20.0. The van der Waals surface area contributed by atoms with E-state index in [1.54, 1.807) is 36.9 Å². The second-order valence-corrected chi connectivity index (χ2v) is 10.2. The number of hydrogen-bond donors (Lipinski definition) is 2. The van der Waals surface area contributed by atoms with Crippen LogP contribution in [0.2, 0.25) is 0 Å². The molecule has 2 N–H and O–H groups in total. The van der Waals surface area contributed by atoms with Crippen LogP contribution >= 0.6 is 15.9 Å². The number of aromatic amines is 1.